The number of thiophene rings is 2. The van der Waals surface area contributed by atoms with Crippen molar-refractivity contribution >= 4 is 67.4 Å². The molecule has 0 saturated heterocycles. The van der Waals surface area contributed by atoms with Gasteiger partial charge in [-0.1, -0.05) is 96.4 Å². The third kappa shape index (κ3) is 7.86. The Morgan fingerprint density at radius 2 is 0.911 bits per heavy atom. The van der Waals surface area contributed by atoms with Crippen LogP contribution in [0.4, 0.5) is 0 Å². The monoisotopic (exact) mass is 667 g/mol. The molecule has 8 nitrogen and oxygen atoms in total. The molecule has 0 aliphatic rings. The van der Waals surface area contributed by atoms with E-state index in [0.29, 0.717) is 32.3 Å². The number of rotatable bonds is 6. The van der Waals surface area contributed by atoms with Crippen molar-refractivity contribution in [1.29, 1.82) is 0 Å². The van der Waals surface area contributed by atoms with E-state index in [9.17, 15) is 20.4 Å². The van der Waals surface area contributed by atoms with E-state index < -0.39 is 11.8 Å². The van der Waals surface area contributed by atoms with Gasteiger partial charge in [-0.05, 0) is 69.4 Å². The van der Waals surface area contributed by atoms with E-state index in [4.69, 9.17) is 0 Å². The van der Waals surface area contributed by atoms with Crippen molar-refractivity contribution in [2.75, 3.05) is 0 Å². The van der Waals surface area contributed by atoms with E-state index in [1.54, 1.807) is 61.0 Å². The summed E-state index contributed by atoms with van der Waals surface area (Å²) in [7, 11) is 0. The van der Waals surface area contributed by atoms with Crippen LogP contribution >= 0.6 is 22.7 Å². The smallest absolute Gasteiger partial charge is 0.872 e. The summed E-state index contributed by atoms with van der Waals surface area (Å²) in [5.74, 6) is -1.05. The van der Waals surface area contributed by atoms with Gasteiger partial charge in [-0.15, -0.1) is 22.7 Å². The van der Waals surface area contributed by atoms with Crippen LogP contribution in [0.3, 0.4) is 0 Å². The van der Waals surface area contributed by atoms with Crippen molar-refractivity contribution in [1.82, 2.24) is 0 Å². The van der Waals surface area contributed by atoms with Gasteiger partial charge in [0.25, 0.3) is 0 Å². The third-order valence-electron chi connectivity index (χ3n) is 6.55. The molecule has 0 saturated carbocycles. The Labute approximate surface area is 279 Å². The fourth-order valence-corrected chi connectivity index (χ4v) is 5.69. The summed E-state index contributed by atoms with van der Waals surface area (Å²) in [6.07, 6.45) is 0. The van der Waals surface area contributed by atoms with Gasteiger partial charge in [0.05, 0.1) is 11.4 Å². The first kappa shape index (κ1) is 33.2. The summed E-state index contributed by atoms with van der Waals surface area (Å²) in [5.41, 5.74) is 1.85. The van der Waals surface area contributed by atoms with Crippen molar-refractivity contribution in [3.05, 3.63) is 129 Å². The zero-order chi connectivity index (χ0) is 31.1. The molecule has 4 aromatic carbocycles. The maximum Gasteiger partial charge on any atom is 4.00 e. The Morgan fingerprint density at radius 1 is 0.511 bits per heavy atom. The predicted molar refractivity (Wildman–Crippen MR) is 173 cm³/mol. The first-order chi connectivity index (χ1) is 21.3. The van der Waals surface area contributed by atoms with Crippen LogP contribution in [0.2, 0.25) is 0 Å². The SMILES string of the molecule is C/C(=N\N=C(/[O-])c1cccs1)c1c([O-])ccc2ccccc12.C/C(=N\N=C(/[O-])c1cccs1)c1c([O-])ccc2ccccc12.[V+4]. The summed E-state index contributed by atoms with van der Waals surface area (Å²) in [5, 5.41) is 70.5. The third-order valence-corrected chi connectivity index (χ3v) is 8.27. The largest absolute Gasteiger partial charge is 4.00 e. The van der Waals surface area contributed by atoms with E-state index >= 15 is 0 Å². The van der Waals surface area contributed by atoms with Crippen molar-refractivity contribution in [3.8, 4) is 11.5 Å². The summed E-state index contributed by atoms with van der Waals surface area (Å²) in [6, 6.07) is 28.7. The van der Waals surface area contributed by atoms with Crippen LogP contribution in [0, 0.1) is 0 Å². The van der Waals surface area contributed by atoms with Gasteiger partial charge in [-0.3, -0.25) is 0 Å². The minimum absolute atomic E-state index is 0. The molecule has 45 heavy (non-hydrogen) atoms. The van der Waals surface area contributed by atoms with Crippen LogP contribution in [0.25, 0.3) is 21.5 Å². The van der Waals surface area contributed by atoms with Crippen molar-refractivity contribution < 1.29 is 39.0 Å². The molecule has 0 bridgehead atoms. The number of hydrogen-bond donors (Lipinski definition) is 0. The Hall–Kier alpha value is -4.74. The van der Waals surface area contributed by atoms with Gasteiger partial charge in [-0.2, -0.15) is 20.4 Å². The molecule has 2 aromatic heterocycles. The number of hydrogen-bond acceptors (Lipinski definition) is 10. The van der Waals surface area contributed by atoms with E-state index in [1.807, 2.05) is 48.5 Å². The summed E-state index contributed by atoms with van der Waals surface area (Å²) >= 11 is 2.62. The standard InChI is InChI=1S/2C17H14N2O2S.V/c2*1-11(18-19-17(21)15-7-4-10-22-15)16-13-6-3-2-5-12(13)8-9-14(16)20;/h2*2-10,20H,1H3,(H,19,21);/q;;+4/p-4/b2*18-11+;. The Bertz CT molecular complexity index is 1890. The second-order valence-electron chi connectivity index (χ2n) is 9.46. The van der Waals surface area contributed by atoms with Crippen LogP contribution in [-0.4, -0.2) is 23.2 Å². The Morgan fingerprint density at radius 3 is 1.29 bits per heavy atom. The fraction of sp³-hybridized carbons (Fsp3) is 0.0588. The molecule has 1 radical (unpaired) electrons. The van der Waals surface area contributed by atoms with Crippen LogP contribution in [0.1, 0.15) is 34.7 Å². The predicted octanol–water partition coefficient (Wildman–Crippen LogP) is 5.01. The summed E-state index contributed by atoms with van der Waals surface area (Å²) < 4.78 is 0. The first-order valence-electron chi connectivity index (χ1n) is 13.4. The molecule has 0 fully saturated rings. The van der Waals surface area contributed by atoms with Crippen molar-refractivity contribution in [3.63, 3.8) is 0 Å². The van der Waals surface area contributed by atoms with Gasteiger partial charge in [0.15, 0.2) is 0 Å². The average molecular weight is 668 g/mol. The molecule has 221 valence electrons. The van der Waals surface area contributed by atoms with Gasteiger partial charge in [0, 0.05) is 21.5 Å². The minimum Gasteiger partial charge on any atom is -0.872 e. The average Bonchev–Trinajstić information content (AvgIpc) is 3.78. The molecule has 0 aliphatic heterocycles. The second-order valence-corrected chi connectivity index (χ2v) is 11.4. The summed E-state index contributed by atoms with van der Waals surface area (Å²) in [6.45, 7) is 3.38. The van der Waals surface area contributed by atoms with E-state index in [2.05, 4.69) is 20.4 Å². The molecule has 0 N–H and O–H groups in total. The first-order valence-corrected chi connectivity index (χ1v) is 15.1. The van der Waals surface area contributed by atoms with Crippen LogP contribution < -0.4 is 20.4 Å². The Balaban J connectivity index is 0.000000200. The molecule has 0 amide bonds. The van der Waals surface area contributed by atoms with Gasteiger partial charge < -0.3 is 20.4 Å². The topological polar surface area (TPSA) is 142 Å². The molecule has 0 spiro atoms. The van der Waals surface area contributed by atoms with Crippen LogP contribution in [0.5, 0.6) is 11.5 Å². The van der Waals surface area contributed by atoms with Crippen LogP contribution in [-0.2, 0) is 18.6 Å². The van der Waals surface area contributed by atoms with Crippen LogP contribution in [0.15, 0.2) is 128 Å². The molecular weight excluding hydrogens is 643 g/mol. The number of fused-ring (bicyclic) bond motifs is 2. The van der Waals surface area contributed by atoms with E-state index in [0.717, 1.165) is 21.5 Å². The summed E-state index contributed by atoms with van der Waals surface area (Å²) in [4.78, 5) is 1.05. The maximum atomic E-state index is 12.1. The molecule has 6 rings (SSSR count). The zero-order valence-electron chi connectivity index (χ0n) is 24.1. The molecule has 0 unspecified atom stereocenters. The molecule has 11 heteroatoms. The maximum absolute atomic E-state index is 12.1. The van der Waals surface area contributed by atoms with E-state index in [-0.39, 0.29) is 30.1 Å². The van der Waals surface area contributed by atoms with Gasteiger partial charge in [0.2, 0.25) is 0 Å². The minimum atomic E-state index is -0.401. The molecule has 2 heterocycles. The normalized spacial score (nSPS) is 12.5. The van der Waals surface area contributed by atoms with Gasteiger partial charge in [0.1, 0.15) is 0 Å². The van der Waals surface area contributed by atoms with Crippen molar-refractivity contribution in [2.45, 2.75) is 13.8 Å². The Kier molecular flexibility index (Phi) is 11.3. The molecule has 0 atom stereocenters. The molecule has 0 aliphatic carbocycles. The zero-order valence-corrected chi connectivity index (χ0v) is 27.1. The van der Waals surface area contributed by atoms with Gasteiger partial charge in [-0.25, -0.2) is 0 Å². The number of nitrogens with zero attached hydrogens (tertiary/aromatic N) is 4. The second kappa shape index (κ2) is 15.3. The number of benzene rings is 4. The quantitative estimate of drug-likeness (QED) is 0.140. The van der Waals surface area contributed by atoms with Gasteiger partial charge >= 0.3 is 18.6 Å². The molecule has 6 aromatic rings. The molecular formula is C34H24N4O4S2V. The van der Waals surface area contributed by atoms with Crippen molar-refractivity contribution in [2.24, 2.45) is 20.4 Å². The fourth-order valence-electron chi connectivity index (χ4n) is 4.49. The van der Waals surface area contributed by atoms with E-state index in [1.165, 1.54) is 34.8 Å².